The van der Waals surface area contributed by atoms with Crippen molar-refractivity contribution >= 4 is 46.0 Å². The first kappa shape index (κ1) is 21.5. The lowest BCUT2D eigenvalue weighted by molar-refractivity contribution is -0.121. The van der Waals surface area contributed by atoms with Crippen molar-refractivity contribution in [1.29, 1.82) is 0 Å². The number of benzene rings is 1. The van der Waals surface area contributed by atoms with Crippen molar-refractivity contribution in [1.82, 2.24) is 5.01 Å². The number of ether oxygens (including phenoxy) is 1. The summed E-state index contributed by atoms with van der Waals surface area (Å²) in [6, 6.07) is 7.08. The van der Waals surface area contributed by atoms with Gasteiger partial charge in [-0.05, 0) is 67.8 Å². The predicted octanol–water partition coefficient (Wildman–Crippen LogP) is 4.31. The maximum absolute atomic E-state index is 13.0. The summed E-state index contributed by atoms with van der Waals surface area (Å²) < 4.78 is 6.30. The molecule has 2 rings (SSSR count). The van der Waals surface area contributed by atoms with Crippen LogP contribution in [0.1, 0.15) is 50.9 Å². The SMILES string of the molecule is CC1CC(=O)C(C(=O)c2ccc(I)cc2)/C(=N\N(C)C(=O)OC(C)(C)C)C1. The van der Waals surface area contributed by atoms with Gasteiger partial charge in [0.25, 0.3) is 0 Å². The Kier molecular flexibility index (Phi) is 6.77. The largest absolute Gasteiger partial charge is 0.442 e. The summed E-state index contributed by atoms with van der Waals surface area (Å²) >= 11 is 2.16. The molecule has 1 amide bonds. The minimum Gasteiger partial charge on any atom is -0.442 e. The second-order valence-electron chi connectivity index (χ2n) is 7.88. The van der Waals surface area contributed by atoms with Crippen LogP contribution in [0.25, 0.3) is 0 Å². The number of amides is 1. The standard InChI is InChI=1S/C20H25IN2O4/c1-12-10-15(22-23(5)19(26)27-20(2,3)4)17(16(24)11-12)18(25)13-6-8-14(21)9-7-13/h6-9,12,17H,10-11H2,1-5H3/b22-15-. The lowest BCUT2D eigenvalue weighted by atomic mass is 9.77. The number of hydrogen-bond donors (Lipinski definition) is 0. The molecule has 6 nitrogen and oxygen atoms in total. The quantitative estimate of drug-likeness (QED) is 0.277. The Balaban J connectivity index is 2.32. The van der Waals surface area contributed by atoms with E-state index in [4.69, 9.17) is 4.74 Å². The van der Waals surface area contributed by atoms with Gasteiger partial charge < -0.3 is 4.74 Å². The minimum absolute atomic E-state index is 0.0732. The first-order chi connectivity index (χ1) is 12.5. The Morgan fingerprint density at radius 3 is 2.33 bits per heavy atom. The molecule has 1 aromatic rings. The third-order valence-electron chi connectivity index (χ3n) is 4.09. The zero-order valence-corrected chi connectivity index (χ0v) is 18.4. The molecule has 27 heavy (non-hydrogen) atoms. The summed E-state index contributed by atoms with van der Waals surface area (Å²) in [4.78, 5) is 37.8. The van der Waals surface area contributed by atoms with E-state index in [9.17, 15) is 14.4 Å². The van der Waals surface area contributed by atoms with Gasteiger partial charge >= 0.3 is 6.09 Å². The molecule has 0 saturated heterocycles. The molecule has 1 aliphatic rings. The zero-order valence-electron chi connectivity index (χ0n) is 16.3. The topological polar surface area (TPSA) is 76.0 Å². The normalized spacial score (nSPS) is 21.9. The molecule has 2 unspecified atom stereocenters. The van der Waals surface area contributed by atoms with Crippen LogP contribution in [-0.2, 0) is 9.53 Å². The molecular weight excluding hydrogens is 459 g/mol. The van der Waals surface area contributed by atoms with Gasteiger partial charge in [-0.15, -0.1) is 0 Å². The third-order valence-corrected chi connectivity index (χ3v) is 4.81. The molecule has 0 aliphatic heterocycles. The number of hydrogen-bond acceptors (Lipinski definition) is 5. The number of carbonyl (C=O) groups is 3. The van der Waals surface area contributed by atoms with Crippen molar-refractivity contribution in [2.45, 2.75) is 46.1 Å². The van der Waals surface area contributed by atoms with E-state index in [-0.39, 0.29) is 17.5 Å². The first-order valence-electron chi connectivity index (χ1n) is 8.84. The van der Waals surface area contributed by atoms with Gasteiger partial charge in [0.1, 0.15) is 17.3 Å². The highest BCUT2D eigenvalue weighted by atomic mass is 127. The fourth-order valence-electron chi connectivity index (χ4n) is 2.93. The van der Waals surface area contributed by atoms with E-state index in [1.807, 2.05) is 19.1 Å². The van der Waals surface area contributed by atoms with Crippen LogP contribution in [0, 0.1) is 15.4 Å². The van der Waals surface area contributed by atoms with Gasteiger partial charge in [-0.3, -0.25) is 9.59 Å². The molecule has 0 N–H and O–H groups in total. The molecule has 146 valence electrons. The van der Waals surface area contributed by atoms with E-state index in [1.165, 1.54) is 7.05 Å². The van der Waals surface area contributed by atoms with E-state index in [1.54, 1.807) is 32.9 Å². The number of Topliss-reactive ketones (excluding diaryl/α,β-unsaturated/α-hetero) is 2. The van der Waals surface area contributed by atoms with Gasteiger partial charge in [0, 0.05) is 22.6 Å². The predicted molar refractivity (Wildman–Crippen MR) is 112 cm³/mol. The molecule has 7 heteroatoms. The lowest BCUT2D eigenvalue weighted by Gasteiger charge is -2.28. The van der Waals surface area contributed by atoms with E-state index in [2.05, 4.69) is 27.7 Å². The fraction of sp³-hybridized carbons (Fsp3) is 0.500. The zero-order chi connectivity index (χ0) is 20.4. The van der Waals surface area contributed by atoms with Crippen molar-refractivity contribution in [3.63, 3.8) is 0 Å². The van der Waals surface area contributed by atoms with Crippen molar-refractivity contribution in [3.8, 4) is 0 Å². The number of nitrogens with zero attached hydrogens (tertiary/aromatic N) is 2. The van der Waals surface area contributed by atoms with E-state index in [0.29, 0.717) is 24.1 Å². The highest BCUT2D eigenvalue weighted by molar-refractivity contribution is 14.1. The van der Waals surface area contributed by atoms with Crippen LogP contribution in [0.3, 0.4) is 0 Å². The number of halogens is 1. The average molecular weight is 484 g/mol. The van der Waals surface area contributed by atoms with Crippen LogP contribution < -0.4 is 0 Å². The van der Waals surface area contributed by atoms with Crippen LogP contribution in [0.4, 0.5) is 4.79 Å². The van der Waals surface area contributed by atoms with E-state index < -0.39 is 17.6 Å². The van der Waals surface area contributed by atoms with Crippen molar-refractivity contribution in [3.05, 3.63) is 33.4 Å². The average Bonchev–Trinajstić information content (AvgIpc) is 2.53. The van der Waals surface area contributed by atoms with Crippen LogP contribution >= 0.6 is 22.6 Å². The third kappa shape index (κ3) is 5.85. The molecule has 0 aromatic heterocycles. The van der Waals surface area contributed by atoms with Crippen molar-refractivity contribution < 1.29 is 19.1 Å². The fourth-order valence-corrected chi connectivity index (χ4v) is 3.29. The van der Waals surface area contributed by atoms with Gasteiger partial charge in [-0.2, -0.15) is 5.10 Å². The van der Waals surface area contributed by atoms with Crippen molar-refractivity contribution in [2.75, 3.05) is 7.05 Å². The van der Waals surface area contributed by atoms with Crippen LogP contribution in [-0.4, -0.2) is 41.0 Å². The Labute approximate surface area is 173 Å². The Hall–Kier alpha value is -1.77. The Morgan fingerprint density at radius 1 is 1.19 bits per heavy atom. The second kappa shape index (κ2) is 8.50. The summed E-state index contributed by atoms with van der Waals surface area (Å²) in [6.07, 6.45) is 0.191. The van der Waals surface area contributed by atoms with E-state index >= 15 is 0 Å². The van der Waals surface area contributed by atoms with Gasteiger partial charge in [-0.1, -0.05) is 19.1 Å². The highest BCUT2D eigenvalue weighted by Gasteiger charge is 2.38. The van der Waals surface area contributed by atoms with Crippen LogP contribution in [0.5, 0.6) is 0 Å². The van der Waals surface area contributed by atoms with Crippen LogP contribution in [0.2, 0.25) is 0 Å². The molecule has 0 bridgehead atoms. The molecule has 0 spiro atoms. The minimum atomic E-state index is -0.953. The molecule has 1 fully saturated rings. The second-order valence-corrected chi connectivity index (χ2v) is 9.12. The number of carbonyl (C=O) groups excluding carboxylic acids is 3. The maximum atomic E-state index is 13.0. The Morgan fingerprint density at radius 2 is 1.78 bits per heavy atom. The lowest BCUT2D eigenvalue weighted by Crippen LogP contribution is -2.40. The summed E-state index contributed by atoms with van der Waals surface area (Å²) in [6.45, 7) is 7.23. The number of ketones is 2. The van der Waals surface area contributed by atoms with Crippen molar-refractivity contribution in [2.24, 2.45) is 16.9 Å². The molecule has 1 saturated carbocycles. The molecular formula is C20H25IN2O4. The monoisotopic (exact) mass is 484 g/mol. The van der Waals surface area contributed by atoms with E-state index in [0.717, 1.165) is 8.58 Å². The van der Waals surface area contributed by atoms with Gasteiger partial charge in [-0.25, -0.2) is 9.80 Å². The van der Waals surface area contributed by atoms with Gasteiger partial charge in [0.2, 0.25) is 0 Å². The maximum Gasteiger partial charge on any atom is 0.430 e. The first-order valence-corrected chi connectivity index (χ1v) is 9.92. The molecule has 0 heterocycles. The summed E-state index contributed by atoms with van der Waals surface area (Å²) in [5.74, 6) is -1.32. The Bertz CT molecular complexity index is 765. The molecule has 1 aliphatic carbocycles. The van der Waals surface area contributed by atoms with Gasteiger partial charge in [0.15, 0.2) is 5.78 Å². The number of hydrazone groups is 1. The number of rotatable bonds is 3. The van der Waals surface area contributed by atoms with Crippen LogP contribution in [0.15, 0.2) is 29.4 Å². The molecule has 1 aromatic carbocycles. The smallest absolute Gasteiger partial charge is 0.430 e. The highest BCUT2D eigenvalue weighted by Crippen LogP contribution is 2.27. The molecule has 0 radical (unpaired) electrons. The van der Waals surface area contributed by atoms with Gasteiger partial charge in [0.05, 0.1) is 5.71 Å². The summed E-state index contributed by atoms with van der Waals surface area (Å²) in [5.41, 5.74) is 0.226. The summed E-state index contributed by atoms with van der Waals surface area (Å²) in [5, 5.41) is 5.37. The summed E-state index contributed by atoms with van der Waals surface area (Å²) in [7, 11) is 1.47. The molecule has 2 atom stereocenters.